The molecule has 0 aliphatic rings. The Morgan fingerprint density at radius 2 is 2.16 bits per heavy atom. The molecule has 0 bridgehead atoms. The summed E-state index contributed by atoms with van der Waals surface area (Å²) >= 11 is 1.30. The molecule has 0 saturated carbocycles. The Morgan fingerprint density at radius 1 is 1.37 bits per heavy atom. The lowest BCUT2D eigenvalue weighted by atomic mass is 10.2. The van der Waals surface area contributed by atoms with Gasteiger partial charge >= 0.3 is 0 Å². The summed E-state index contributed by atoms with van der Waals surface area (Å²) in [6.45, 7) is 0. The summed E-state index contributed by atoms with van der Waals surface area (Å²) in [6.07, 6.45) is 1.79. The number of anilines is 1. The first kappa shape index (κ1) is 13.1. The van der Waals surface area contributed by atoms with E-state index >= 15 is 0 Å². The Balaban J connectivity index is 2.31. The van der Waals surface area contributed by atoms with Crippen LogP contribution in [0.25, 0.3) is 0 Å². The molecule has 2 aromatic rings. The monoisotopic (exact) mass is 276 g/mol. The van der Waals surface area contributed by atoms with Crippen molar-refractivity contribution < 1.29 is 9.13 Å². The van der Waals surface area contributed by atoms with Gasteiger partial charge in [0.05, 0.1) is 11.6 Å². The maximum Gasteiger partial charge on any atom is 0.225 e. The molecule has 5 nitrogen and oxygen atoms in total. The van der Waals surface area contributed by atoms with Crippen LogP contribution in [0.5, 0.6) is 11.6 Å². The van der Waals surface area contributed by atoms with Crippen LogP contribution < -0.4 is 10.5 Å². The van der Waals surface area contributed by atoms with Gasteiger partial charge in [-0.1, -0.05) is 11.8 Å². The largest absolute Gasteiger partial charge is 0.436 e. The fourth-order valence-electron chi connectivity index (χ4n) is 1.33. The van der Waals surface area contributed by atoms with Crippen molar-refractivity contribution in [1.82, 2.24) is 9.97 Å². The number of thioether (sulfide) groups is 1. The van der Waals surface area contributed by atoms with Gasteiger partial charge in [-0.15, -0.1) is 0 Å². The van der Waals surface area contributed by atoms with E-state index in [-0.39, 0.29) is 23.0 Å². The van der Waals surface area contributed by atoms with E-state index in [1.54, 1.807) is 6.26 Å². The molecule has 0 saturated heterocycles. The molecule has 0 atom stereocenters. The zero-order valence-electron chi connectivity index (χ0n) is 9.92. The second-order valence-corrected chi connectivity index (χ2v) is 4.25. The summed E-state index contributed by atoms with van der Waals surface area (Å²) in [5.41, 5.74) is 5.81. The molecule has 0 aliphatic carbocycles. The van der Waals surface area contributed by atoms with Gasteiger partial charge in [0.2, 0.25) is 5.88 Å². The third-order valence-corrected chi connectivity index (χ3v) is 2.71. The lowest BCUT2D eigenvalue weighted by Crippen LogP contribution is -1.98. The molecule has 0 spiro atoms. The zero-order chi connectivity index (χ0) is 13.8. The van der Waals surface area contributed by atoms with E-state index in [4.69, 9.17) is 15.7 Å². The van der Waals surface area contributed by atoms with Crippen molar-refractivity contribution in [3.8, 4) is 17.7 Å². The highest BCUT2D eigenvalue weighted by Gasteiger charge is 2.09. The van der Waals surface area contributed by atoms with E-state index in [2.05, 4.69) is 9.97 Å². The number of hydrogen-bond donors (Lipinski definition) is 1. The van der Waals surface area contributed by atoms with Gasteiger partial charge in [-0.3, -0.25) is 0 Å². The molecule has 0 aliphatic heterocycles. The van der Waals surface area contributed by atoms with Crippen LogP contribution in [0.2, 0.25) is 0 Å². The summed E-state index contributed by atoms with van der Waals surface area (Å²) in [6, 6.07) is 7.16. The second kappa shape index (κ2) is 5.54. The number of nitrogens with zero attached hydrogens (tertiary/aromatic N) is 3. The molecule has 0 fully saturated rings. The topological polar surface area (TPSA) is 84.8 Å². The molecule has 2 N–H and O–H groups in total. The third kappa shape index (κ3) is 3.11. The molecule has 7 heteroatoms. The molecule has 19 heavy (non-hydrogen) atoms. The third-order valence-electron chi connectivity index (χ3n) is 2.16. The van der Waals surface area contributed by atoms with Gasteiger partial charge in [0.15, 0.2) is 16.7 Å². The fraction of sp³-hybridized carbons (Fsp3) is 0.0833. The van der Waals surface area contributed by atoms with Crippen LogP contribution in [0, 0.1) is 17.1 Å². The first-order chi connectivity index (χ1) is 9.12. The summed E-state index contributed by atoms with van der Waals surface area (Å²) in [5, 5.41) is 9.08. The van der Waals surface area contributed by atoms with Gasteiger partial charge in [0, 0.05) is 6.07 Å². The SMILES string of the molecule is CSc1nc(N)cc(Oc2ccc(C#N)cc2F)n1. The average molecular weight is 276 g/mol. The summed E-state index contributed by atoms with van der Waals surface area (Å²) in [7, 11) is 0. The van der Waals surface area contributed by atoms with Crippen LogP contribution in [0.3, 0.4) is 0 Å². The van der Waals surface area contributed by atoms with Crippen LogP contribution in [0.1, 0.15) is 5.56 Å². The van der Waals surface area contributed by atoms with E-state index in [1.807, 2.05) is 6.07 Å². The number of nitriles is 1. The van der Waals surface area contributed by atoms with Crippen LogP contribution in [0.15, 0.2) is 29.4 Å². The Labute approximate surface area is 113 Å². The van der Waals surface area contributed by atoms with E-state index in [0.29, 0.717) is 5.16 Å². The number of aromatic nitrogens is 2. The van der Waals surface area contributed by atoms with Crippen LogP contribution in [0.4, 0.5) is 10.2 Å². The van der Waals surface area contributed by atoms with E-state index in [0.717, 1.165) is 6.07 Å². The van der Waals surface area contributed by atoms with Gasteiger partial charge in [0.25, 0.3) is 0 Å². The lowest BCUT2D eigenvalue weighted by Gasteiger charge is -2.07. The molecular formula is C12H9FN4OS. The van der Waals surface area contributed by atoms with Gasteiger partial charge in [-0.2, -0.15) is 10.2 Å². The minimum Gasteiger partial charge on any atom is -0.436 e. The number of benzene rings is 1. The standard InChI is InChI=1S/C12H9FN4OS/c1-19-12-16-10(15)5-11(17-12)18-9-3-2-7(6-14)4-8(9)13/h2-5H,1H3,(H2,15,16,17). The van der Waals surface area contributed by atoms with Crippen molar-refractivity contribution in [1.29, 1.82) is 5.26 Å². The maximum absolute atomic E-state index is 13.6. The van der Waals surface area contributed by atoms with Crippen molar-refractivity contribution in [2.24, 2.45) is 0 Å². The van der Waals surface area contributed by atoms with Crippen molar-refractivity contribution in [2.75, 3.05) is 12.0 Å². The van der Waals surface area contributed by atoms with Gasteiger partial charge in [-0.05, 0) is 24.5 Å². The highest BCUT2D eigenvalue weighted by molar-refractivity contribution is 7.98. The molecule has 1 heterocycles. The molecule has 1 aromatic heterocycles. The number of halogens is 1. The number of hydrogen-bond acceptors (Lipinski definition) is 6. The zero-order valence-corrected chi connectivity index (χ0v) is 10.7. The number of nitrogen functional groups attached to an aromatic ring is 1. The summed E-state index contributed by atoms with van der Waals surface area (Å²) < 4.78 is 19.0. The maximum atomic E-state index is 13.6. The van der Waals surface area contributed by atoms with Crippen molar-refractivity contribution in [3.63, 3.8) is 0 Å². The van der Waals surface area contributed by atoms with Gasteiger partial charge < -0.3 is 10.5 Å². The molecule has 2 rings (SSSR count). The molecule has 1 aromatic carbocycles. The average Bonchev–Trinajstić information content (AvgIpc) is 2.40. The molecule has 0 unspecified atom stereocenters. The minimum absolute atomic E-state index is 0.0239. The van der Waals surface area contributed by atoms with Gasteiger partial charge in [-0.25, -0.2) is 9.37 Å². The van der Waals surface area contributed by atoms with Crippen molar-refractivity contribution >= 4 is 17.6 Å². The normalized spacial score (nSPS) is 9.95. The van der Waals surface area contributed by atoms with Crippen LogP contribution in [-0.2, 0) is 0 Å². The highest BCUT2D eigenvalue weighted by atomic mass is 32.2. The predicted molar refractivity (Wildman–Crippen MR) is 69.4 cm³/mol. The van der Waals surface area contributed by atoms with E-state index in [9.17, 15) is 4.39 Å². The van der Waals surface area contributed by atoms with E-state index < -0.39 is 5.82 Å². The fourth-order valence-corrected chi connectivity index (χ4v) is 1.71. The Hall–Kier alpha value is -2.33. The van der Waals surface area contributed by atoms with E-state index in [1.165, 1.54) is 30.0 Å². The molecular weight excluding hydrogens is 267 g/mol. The minimum atomic E-state index is -0.637. The van der Waals surface area contributed by atoms with Crippen molar-refractivity contribution in [3.05, 3.63) is 35.6 Å². The molecule has 0 radical (unpaired) electrons. The summed E-state index contributed by atoms with van der Waals surface area (Å²) in [5.74, 6) is -0.269. The number of rotatable bonds is 3. The van der Waals surface area contributed by atoms with Crippen molar-refractivity contribution in [2.45, 2.75) is 5.16 Å². The first-order valence-corrected chi connectivity index (χ1v) is 6.41. The quantitative estimate of drug-likeness (QED) is 0.685. The van der Waals surface area contributed by atoms with Crippen LogP contribution in [-0.4, -0.2) is 16.2 Å². The number of ether oxygens (including phenoxy) is 1. The second-order valence-electron chi connectivity index (χ2n) is 3.48. The Kier molecular flexibility index (Phi) is 3.82. The molecule has 96 valence electrons. The smallest absolute Gasteiger partial charge is 0.225 e. The highest BCUT2D eigenvalue weighted by Crippen LogP contribution is 2.25. The Bertz CT molecular complexity index is 657. The predicted octanol–water partition coefficient (Wildman–Crippen LogP) is 2.58. The Morgan fingerprint density at radius 3 is 2.79 bits per heavy atom. The molecule has 0 amide bonds. The lowest BCUT2D eigenvalue weighted by molar-refractivity contribution is 0.422. The van der Waals surface area contributed by atoms with Crippen LogP contribution >= 0.6 is 11.8 Å². The summed E-state index contributed by atoms with van der Waals surface area (Å²) in [4.78, 5) is 8.01. The number of nitrogens with two attached hydrogens (primary N) is 1. The van der Waals surface area contributed by atoms with Gasteiger partial charge in [0.1, 0.15) is 5.82 Å². The first-order valence-electron chi connectivity index (χ1n) is 5.18.